The highest BCUT2D eigenvalue weighted by Gasteiger charge is 2.40. The van der Waals surface area contributed by atoms with Crippen LogP contribution < -0.4 is 5.32 Å². The van der Waals surface area contributed by atoms with Crippen LogP contribution in [0.15, 0.2) is 47.4 Å². The van der Waals surface area contributed by atoms with E-state index >= 15 is 0 Å². The maximum atomic E-state index is 13.5. The third kappa shape index (κ3) is 3.27. The Morgan fingerprint density at radius 2 is 1.96 bits per heavy atom. The number of carbonyl (C=O) groups is 1. The van der Waals surface area contributed by atoms with Crippen LogP contribution in [-0.2, 0) is 14.8 Å². The van der Waals surface area contributed by atoms with Gasteiger partial charge in [0.15, 0.2) is 0 Å². The van der Waals surface area contributed by atoms with Crippen LogP contribution in [-0.4, -0.2) is 31.7 Å². The van der Waals surface area contributed by atoms with Crippen molar-refractivity contribution in [3.63, 3.8) is 0 Å². The quantitative estimate of drug-likeness (QED) is 0.887. The summed E-state index contributed by atoms with van der Waals surface area (Å²) in [6.45, 7) is 1.78. The van der Waals surface area contributed by atoms with Gasteiger partial charge in [0.05, 0.1) is 4.90 Å². The molecule has 0 bridgehead atoms. The molecular weight excluding hydrogens is 367 g/mol. The van der Waals surface area contributed by atoms with E-state index in [1.54, 1.807) is 24.3 Å². The van der Waals surface area contributed by atoms with Gasteiger partial charge in [-0.1, -0.05) is 29.8 Å². The van der Waals surface area contributed by atoms with Crippen LogP contribution in [0.1, 0.15) is 17.2 Å². The zero-order valence-corrected chi connectivity index (χ0v) is 14.9. The summed E-state index contributed by atoms with van der Waals surface area (Å²) in [5.41, 5.74) is 0.626. The summed E-state index contributed by atoms with van der Waals surface area (Å²) in [4.78, 5) is 12.4. The normalized spacial score (nSPS) is 18.8. The molecule has 2 aromatic rings. The second kappa shape index (κ2) is 6.74. The van der Waals surface area contributed by atoms with E-state index in [0.29, 0.717) is 10.6 Å². The third-order valence-corrected chi connectivity index (χ3v) is 6.31. The molecule has 25 heavy (non-hydrogen) atoms. The number of benzene rings is 2. The van der Waals surface area contributed by atoms with Gasteiger partial charge >= 0.3 is 0 Å². The molecule has 1 heterocycles. The summed E-state index contributed by atoms with van der Waals surface area (Å²) in [5.74, 6) is -0.931. The van der Waals surface area contributed by atoms with Gasteiger partial charge in [-0.2, -0.15) is 4.31 Å². The van der Waals surface area contributed by atoms with Gasteiger partial charge in [0.1, 0.15) is 11.9 Å². The van der Waals surface area contributed by atoms with Crippen molar-refractivity contribution in [3.05, 3.63) is 64.4 Å². The van der Waals surface area contributed by atoms with Gasteiger partial charge in [0.25, 0.3) is 0 Å². The zero-order valence-electron chi connectivity index (χ0n) is 13.4. The van der Waals surface area contributed by atoms with Crippen LogP contribution in [0.4, 0.5) is 4.39 Å². The lowest BCUT2D eigenvalue weighted by atomic mass is 10.0. The molecule has 0 saturated carbocycles. The Morgan fingerprint density at radius 1 is 1.24 bits per heavy atom. The molecule has 1 amide bonds. The van der Waals surface area contributed by atoms with Gasteiger partial charge in [0, 0.05) is 18.1 Å². The molecule has 0 spiro atoms. The second-order valence-corrected chi connectivity index (χ2v) is 8.04. The van der Waals surface area contributed by atoms with E-state index in [4.69, 9.17) is 11.6 Å². The van der Waals surface area contributed by atoms with Crippen molar-refractivity contribution in [3.8, 4) is 0 Å². The van der Waals surface area contributed by atoms with Crippen LogP contribution in [0.5, 0.6) is 0 Å². The molecule has 1 aliphatic heterocycles. The standard InChI is InChI=1S/C17H16ClFN2O3S/c1-11-10-12(6-7-15(11)19)25(23,24)21-9-8-20-17(22)16(21)13-4-2-3-5-14(13)18/h2-7,10,16H,8-9H2,1H3,(H,20,22). The Kier molecular flexibility index (Phi) is 4.81. The minimum absolute atomic E-state index is 0.0573. The van der Waals surface area contributed by atoms with Crippen LogP contribution in [0.25, 0.3) is 0 Å². The third-order valence-electron chi connectivity index (χ3n) is 4.10. The van der Waals surface area contributed by atoms with Gasteiger partial charge in [-0.15, -0.1) is 0 Å². The van der Waals surface area contributed by atoms with Gasteiger partial charge in [-0.3, -0.25) is 4.79 Å². The van der Waals surface area contributed by atoms with Gasteiger partial charge in [0.2, 0.25) is 15.9 Å². The Labute approximate surface area is 150 Å². The van der Waals surface area contributed by atoms with Crippen molar-refractivity contribution in [1.82, 2.24) is 9.62 Å². The van der Waals surface area contributed by atoms with E-state index in [2.05, 4.69) is 5.32 Å². The molecule has 1 fully saturated rings. The first kappa shape index (κ1) is 17.8. The lowest BCUT2D eigenvalue weighted by Crippen LogP contribution is -2.52. The Morgan fingerprint density at radius 3 is 2.64 bits per heavy atom. The molecule has 132 valence electrons. The number of rotatable bonds is 3. The number of nitrogens with zero attached hydrogens (tertiary/aromatic N) is 1. The Bertz CT molecular complexity index is 933. The predicted octanol–water partition coefficient (Wildman–Crippen LogP) is 2.65. The Hall–Kier alpha value is -1.96. The largest absolute Gasteiger partial charge is 0.353 e. The number of piperazine rings is 1. The number of sulfonamides is 1. The molecule has 1 unspecified atom stereocenters. The fraction of sp³-hybridized carbons (Fsp3) is 0.235. The minimum atomic E-state index is -4.00. The van der Waals surface area contributed by atoms with Gasteiger partial charge < -0.3 is 5.32 Å². The molecule has 8 heteroatoms. The number of aryl methyl sites for hydroxylation is 1. The molecule has 2 aromatic carbocycles. The van der Waals surface area contributed by atoms with Crippen molar-refractivity contribution < 1.29 is 17.6 Å². The molecule has 0 radical (unpaired) electrons. The summed E-state index contributed by atoms with van der Waals surface area (Å²) in [7, 11) is -4.00. The van der Waals surface area contributed by atoms with E-state index < -0.39 is 27.8 Å². The fourth-order valence-electron chi connectivity index (χ4n) is 2.81. The topological polar surface area (TPSA) is 66.5 Å². The highest BCUT2D eigenvalue weighted by atomic mass is 35.5. The van der Waals surface area contributed by atoms with E-state index in [-0.39, 0.29) is 23.5 Å². The highest BCUT2D eigenvalue weighted by Crippen LogP contribution is 2.33. The first-order valence-electron chi connectivity index (χ1n) is 7.62. The number of halogens is 2. The minimum Gasteiger partial charge on any atom is -0.353 e. The molecule has 1 saturated heterocycles. The van der Waals surface area contributed by atoms with E-state index in [0.717, 1.165) is 10.4 Å². The number of hydrogen-bond donors (Lipinski definition) is 1. The van der Waals surface area contributed by atoms with E-state index in [1.807, 2.05) is 0 Å². The molecule has 1 atom stereocenters. The smallest absolute Gasteiger partial charge is 0.244 e. The fourth-order valence-corrected chi connectivity index (χ4v) is 4.71. The summed E-state index contributed by atoms with van der Waals surface area (Å²) in [6.07, 6.45) is 0. The highest BCUT2D eigenvalue weighted by molar-refractivity contribution is 7.89. The number of nitrogens with one attached hydrogen (secondary N) is 1. The number of amides is 1. The van der Waals surface area contributed by atoms with Crippen molar-refractivity contribution in [1.29, 1.82) is 0 Å². The van der Waals surface area contributed by atoms with Crippen LogP contribution in [0.3, 0.4) is 0 Å². The molecule has 0 aliphatic carbocycles. The maximum Gasteiger partial charge on any atom is 0.244 e. The lowest BCUT2D eigenvalue weighted by molar-refractivity contribution is -0.126. The van der Waals surface area contributed by atoms with Gasteiger partial charge in [-0.25, -0.2) is 12.8 Å². The predicted molar refractivity (Wildman–Crippen MR) is 92.2 cm³/mol. The molecule has 1 aliphatic rings. The maximum absolute atomic E-state index is 13.5. The molecule has 5 nitrogen and oxygen atoms in total. The first-order valence-corrected chi connectivity index (χ1v) is 9.44. The summed E-state index contributed by atoms with van der Waals surface area (Å²) in [6, 6.07) is 9.12. The van der Waals surface area contributed by atoms with E-state index in [9.17, 15) is 17.6 Å². The van der Waals surface area contributed by atoms with Crippen molar-refractivity contribution >= 4 is 27.5 Å². The van der Waals surface area contributed by atoms with Crippen molar-refractivity contribution in [2.75, 3.05) is 13.1 Å². The first-order chi connectivity index (χ1) is 11.8. The van der Waals surface area contributed by atoms with Crippen LogP contribution in [0.2, 0.25) is 5.02 Å². The average molecular weight is 383 g/mol. The molecule has 3 rings (SSSR count). The number of hydrogen-bond acceptors (Lipinski definition) is 3. The summed E-state index contributed by atoms with van der Waals surface area (Å²) < 4.78 is 40.8. The zero-order chi connectivity index (χ0) is 18.2. The lowest BCUT2D eigenvalue weighted by Gasteiger charge is -2.34. The molecule has 0 aromatic heterocycles. The summed E-state index contributed by atoms with van der Waals surface area (Å²) in [5, 5.41) is 2.97. The van der Waals surface area contributed by atoms with Crippen LogP contribution >= 0.6 is 11.6 Å². The van der Waals surface area contributed by atoms with Gasteiger partial charge in [-0.05, 0) is 42.3 Å². The molecule has 1 N–H and O–H groups in total. The second-order valence-electron chi connectivity index (χ2n) is 5.74. The number of carbonyl (C=O) groups excluding carboxylic acids is 1. The average Bonchev–Trinajstić information content (AvgIpc) is 2.58. The molecular formula is C17H16ClFN2O3S. The Balaban J connectivity index is 2.10. The SMILES string of the molecule is Cc1cc(S(=O)(=O)N2CCNC(=O)C2c2ccccc2Cl)ccc1F. The monoisotopic (exact) mass is 382 g/mol. The van der Waals surface area contributed by atoms with Crippen molar-refractivity contribution in [2.24, 2.45) is 0 Å². The van der Waals surface area contributed by atoms with Crippen LogP contribution in [0, 0.1) is 12.7 Å². The summed E-state index contributed by atoms with van der Waals surface area (Å²) >= 11 is 6.18. The van der Waals surface area contributed by atoms with E-state index in [1.165, 1.54) is 19.1 Å². The van der Waals surface area contributed by atoms with Crippen molar-refractivity contribution in [2.45, 2.75) is 17.9 Å².